The van der Waals surface area contributed by atoms with Gasteiger partial charge < -0.3 is 15.6 Å². The lowest BCUT2D eigenvalue weighted by atomic mass is 10.1. The van der Waals surface area contributed by atoms with Crippen molar-refractivity contribution >= 4 is 22.5 Å². The molecule has 0 aliphatic heterocycles. The maximum absolute atomic E-state index is 12.7. The molecule has 0 saturated heterocycles. The van der Waals surface area contributed by atoms with Crippen LogP contribution in [0.25, 0.3) is 10.9 Å². The summed E-state index contributed by atoms with van der Waals surface area (Å²) >= 11 is 0. The maximum Gasteiger partial charge on any atom is 0.256 e. The predicted octanol–water partition coefficient (Wildman–Crippen LogP) is 2.76. The van der Waals surface area contributed by atoms with Crippen LogP contribution in [0.3, 0.4) is 0 Å². The number of hydrogen-bond donors (Lipinski definition) is 2. The van der Waals surface area contributed by atoms with E-state index in [1.807, 2.05) is 23.1 Å². The minimum atomic E-state index is 0.139. The molecule has 1 fully saturated rings. The van der Waals surface area contributed by atoms with Crippen LogP contribution in [0.5, 0.6) is 0 Å². The molecule has 1 aliphatic rings. The molecule has 1 aliphatic carbocycles. The summed E-state index contributed by atoms with van der Waals surface area (Å²) in [6, 6.07) is 6.08. The summed E-state index contributed by atoms with van der Waals surface area (Å²) in [4.78, 5) is 17.8. The van der Waals surface area contributed by atoms with Gasteiger partial charge in [0.25, 0.3) is 5.91 Å². The molecule has 4 nitrogen and oxygen atoms in total. The Kier molecular flexibility index (Phi) is 2.93. The van der Waals surface area contributed by atoms with E-state index in [0.717, 1.165) is 42.3 Å². The molecule has 3 rings (SSSR count). The molecule has 0 spiro atoms. The van der Waals surface area contributed by atoms with Crippen LogP contribution >= 0.6 is 0 Å². The Morgan fingerprint density at radius 2 is 2.26 bits per heavy atom. The molecule has 2 aromatic rings. The highest BCUT2D eigenvalue weighted by molar-refractivity contribution is 6.07. The van der Waals surface area contributed by atoms with Crippen LogP contribution in [-0.2, 0) is 0 Å². The van der Waals surface area contributed by atoms with Gasteiger partial charge in [-0.25, -0.2) is 0 Å². The molecule has 0 unspecified atom stereocenters. The second kappa shape index (κ2) is 4.61. The zero-order chi connectivity index (χ0) is 13.4. The number of nitrogens with zero attached hydrogens (tertiary/aromatic N) is 1. The fraction of sp³-hybridized carbons (Fsp3) is 0.400. The van der Waals surface area contributed by atoms with Crippen LogP contribution in [0.1, 0.15) is 36.5 Å². The average molecular weight is 257 g/mol. The molecule has 1 amide bonds. The number of anilines is 1. The van der Waals surface area contributed by atoms with E-state index in [-0.39, 0.29) is 5.91 Å². The van der Waals surface area contributed by atoms with Crippen molar-refractivity contribution in [2.45, 2.75) is 32.2 Å². The lowest BCUT2D eigenvalue weighted by Crippen LogP contribution is -2.33. The first-order valence-electron chi connectivity index (χ1n) is 6.88. The molecule has 0 radical (unpaired) electrons. The van der Waals surface area contributed by atoms with E-state index in [9.17, 15) is 4.79 Å². The van der Waals surface area contributed by atoms with Crippen molar-refractivity contribution in [1.82, 2.24) is 9.88 Å². The Morgan fingerprint density at radius 3 is 2.95 bits per heavy atom. The fourth-order valence-electron chi connectivity index (χ4n) is 2.55. The number of amides is 1. The molecule has 1 aromatic carbocycles. The average Bonchev–Trinajstić information content (AvgIpc) is 3.15. The highest BCUT2D eigenvalue weighted by atomic mass is 16.2. The lowest BCUT2D eigenvalue weighted by Gasteiger charge is -2.21. The molecule has 3 N–H and O–H groups in total. The van der Waals surface area contributed by atoms with E-state index < -0.39 is 0 Å². The van der Waals surface area contributed by atoms with E-state index >= 15 is 0 Å². The van der Waals surface area contributed by atoms with Gasteiger partial charge in [-0.15, -0.1) is 0 Å². The van der Waals surface area contributed by atoms with Crippen LogP contribution in [0.2, 0.25) is 0 Å². The largest absolute Gasteiger partial charge is 0.399 e. The van der Waals surface area contributed by atoms with Crippen LogP contribution in [0.15, 0.2) is 24.4 Å². The third-order valence-corrected chi connectivity index (χ3v) is 3.65. The van der Waals surface area contributed by atoms with E-state index in [4.69, 9.17) is 5.73 Å². The Bertz CT molecular complexity index is 613. The molecule has 1 heterocycles. The number of fused-ring (bicyclic) bond motifs is 1. The van der Waals surface area contributed by atoms with Gasteiger partial charge in [-0.2, -0.15) is 0 Å². The van der Waals surface area contributed by atoms with Crippen molar-refractivity contribution in [3.05, 3.63) is 30.0 Å². The van der Waals surface area contributed by atoms with Crippen LogP contribution in [0, 0.1) is 0 Å². The maximum atomic E-state index is 12.7. The van der Waals surface area contributed by atoms with Gasteiger partial charge in [0.1, 0.15) is 0 Å². The number of benzene rings is 1. The van der Waals surface area contributed by atoms with Gasteiger partial charge in [0.15, 0.2) is 0 Å². The molecular weight excluding hydrogens is 238 g/mol. The second-order valence-corrected chi connectivity index (χ2v) is 5.24. The van der Waals surface area contributed by atoms with Crippen LogP contribution in [-0.4, -0.2) is 28.4 Å². The van der Waals surface area contributed by atoms with Gasteiger partial charge in [0, 0.05) is 35.4 Å². The third kappa shape index (κ3) is 2.18. The van der Waals surface area contributed by atoms with E-state index in [1.54, 1.807) is 6.20 Å². The lowest BCUT2D eigenvalue weighted by molar-refractivity contribution is 0.0745. The first kappa shape index (κ1) is 12.1. The molecule has 19 heavy (non-hydrogen) atoms. The van der Waals surface area contributed by atoms with Gasteiger partial charge in [-0.1, -0.05) is 6.92 Å². The second-order valence-electron chi connectivity index (χ2n) is 5.24. The number of nitrogen functional groups attached to an aromatic ring is 1. The number of nitrogens with two attached hydrogens (primary N) is 1. The van der Waals surface area contributed by atoms with Crippen molar-refractivity contribution in [2.75, 3.05) is 12.3 Å². The standard InChI is InChI=1S/C15H19N3O/c1-2-7-18(11-4-5-11)15(19)13-9-17-14-8-10(16)3-6-12(13)14/h3,6,8-9,11,17H,2,4-5,7,16H2,1H3. The van der Waals surface area contributed by atoms with Gasteiger partial charge in [0.2, 0.25) is 0 Å². The van der Waals surface area contributed by atoms with Gasteiger partial charge >= 0.3 is 0 Å². The zero-order valence-corrected chi connectivity index (χ0v) is 11.1. The summed E-state index contributed by atoms with van der Waals surface area (Å²) in [6.45, 7) is 2.95. The summed E-state index contributed by atoms with van der Waals surface area (Å²) in [5.41, 5.74) is 8.15. The highest BCUT2D eigenvalue weighted by Crippen LogP contribution is 2.30. The van der Waals surface area contributed by atoms with Crippen molar-refractivity contribution < 1.29 is 4.79 Å². The van der Waals surface area contributed by atoms with Crippen molar-refractivity contribution in [1.29, 1.82) is 0 Å². The fourth-order valence-corrected chi connectivity index (χ4v) is 2.55. The SMILES string of the molecule is CCCN(C(=O)c1c[nH]c2cc(N)ccc12)C1CC1. The smallest absolute Gasteiger partial charge is 0.256 e. The van der Waals surface area contributed by atoms with E-state index in [1.165, 1.54) is 0 Å². The first-order chi connectivity index (χ1) is 9.20. The van der Waals surface area contributed by atoms with Crippen LogP contribution in [0.4, 0.5) is 5.69 Å². The Balaban J connectivity index is 1.96. The molecule has 0 bridgehead atoms. The summed E-state index contributed by atoms with van der Waals surface area (Å²) in [5, 5.41) is 0.959. The van der Waals surface area contributed by atoms with Crippen LogP contribution < -0.4 is 5.73 Å². The Labute approximate surface area is 112 Å². The summed E-state index contributed by atoms with van der Waals surface area (Å²) < 4.78 is 0. The first-order valence-corrected chi connectivity index (χ1v) is 6.88. The third-order valence-electron chi connectivity index (χ3n) is 3.65. The van der Waals surface area contributed by atoms with Crippen molar-refractivity contribution in [2.24, 2.45) is 0 Å². The quantitative estimate of drug-likeness (QED) is 0.827. The number of aromatic amines is 1. The summed E-state index contributed by atoms with van der Waals surface area (Å²) in [5.74, 6) is 0.139. The number of aromatic nitrogens is 1. The van der Waals surface area contributed by atoms with Gasteiger partial charge in [-0.05, 0) is 37.5 Å². The van der Waals surface area contributed by atoms with Gasteiger partial charge in [-0.3, -0.25) is 4.79 Å². The monoisotopic (exact) mass is 257 g/mol. The Morgan fingerprint density at radius 1 is 1.47 bits per heavy atom. The molecule has 4 heteroatoms. The topological polar surface area (TPSA) is 62.1 Å². The number of hydrogen-bond acceptors (Lipinski definition) is 2. The number of H-pyrrole nitrogens is 1. The highest BCUT2D eigenvalue weighted by Gasteiger charge is 2.33. The molecular formula is C15H19N3O. The number of nitrogens with one attached hydrogen (secondary N) is 1. The predicted molar refractivity (Wildman–Crippen MR) is 77.1 cm³/mol. The van der Waals surface area contributed by atoms with Crippen molar-refractivity contribution in [3.8, 4) is 0 Å². The molecule has 1 saturated carbocycles. The summed E-state index contributed by atoms with van der Waals surface area (Å²) in [6.07, 6.45) is 5.08. The molecule has 1 aromatic heterocycles. The van der Waals surface area contributed by atoms with E-state index in [0.29, 0.717) is 11.7 Å². The van der Waals surface area contributed by atoms with Crippen molar-refractivity contribution in [3.63, 3.8) is 0 Å². The normalized spacial score (nSPS) is 14.8. The molecule has 0 atom stereocenters. The number of carbonyl (C=O) groups is 1. The zero-order valence-electron chi connectivity index (χ0n) is 11.1. The number of carbonyl (C=O) groups excluding carboxylic acids is 1. The van der Waals surface area contributed by atoms with E-state index in [2.05, 4.69) is 11.9 Å². The summed E-state index contributed by atoms with van der Waals surface area (Å²) in [7, 11) is 0. The molecule has 100 valence electrons. The number of rotatable bonds is 4. The van der Waals surface area contributed by atoms with Gasteiger partial charge in [0.05, 0.1) is 5.56 Å². The minimum Gasteiger partial charge on any atom is -0.399 e. The Hall–Kier alpha value is -1.97. The minimum absolute atomic E-state index is 0.139.